The number of amides is 17. The first-order valence-corrected chi connectivity index (χ1v) is 44.7. The number of carbonyl (C=O) groups is 18. The summed E-state index contributed by atoms with van der Waals surface area (Å²) in [5.74, 6) is -21.8. The lowest BCUT2D eigenvalue weighted by atomic mass is 9.99. The minimum Gasteiger partial charge on any atom is -0.480 e. The largest absolute Gasteiger partial charge is 0.480 e. The summed E-state index contributed by atoms with van der Waals surface area (Å²) in [6.07, 6.45) is -7.71. The highest BCUT2D eigenvalue weighted by molar-refractivity contribution is 6.02. The molecule has 138 heavy (non-hydrogen) atoms. The fourth-order valence-electron chi connectivity index (χ4n) is 14.0. The van der Waals surface area contributed by atoms with Gasteiger partial charge in [-0.15, -0.1) is 0 Å². The third kappa shape index (κ3) is 41.5. The van der Waals surface area contributed by atoms with E-state index in [1.807, 2.05) is 0 Å². The Kier molecular flexibility index (Phi) is 50.0. The van der Waals surface area contributed by atoms with Crippen molar-refractivity contribution < 1.29 is 117 Å². The van der Waals surface area contributed by atoms with Crippen LogP contribution in [0.2, 0.25) is 0 Å². The predicted octanol–water partition coefficient (Wildman–Crippen LogP) is -8.50. The quantitative estimate of drug-likeness (QED) is 0.0111. The fourth-order valence-corrected chi connectivity index (χ4v) is 14.0. The van der Waals surface area contributed by atoms with Gasteiger partial charge in [0.15, 0.2) is 11.9 Å². The van der Waals surface area contributed by atoms with Crippen LogP contribution in [0.4, 0.5) is 0 Å². The zero-order valence-electron chi connectivity index (χ0n) is 78.2. The normalized spacial score (nSPS) is 15.0. The summed E-state index contributed by atoms with van der Waals surface area (Å²) in [6, 6.07) is 4.99. The summed E-state index contributed by atoms with van der Waals surface area (Å²) in [7, 11) is 1.07. The highest BCUT2D eigenvalue weighted by atomic mass is 16.4. The van der Waals surface area contributed by atoms with Gasteiger partial charge in [-0.1, -0.05) is 149 Å². The Morgan fingerprint density at radius 3 is 0.978 bits per heavy atom. The van der Waals surface area contributed by atoms with E-state index in [0.717, 1.165) is 32.7 Å². The van der Waals surface area contributed by atoms with Gasteiger partial charge in [-0.2, -0.15) is 0 Å². The number of carboxylic acid groups (broad SMARTS) is 1. The van der Waals surface area contributed by atoms with Gasteiger partial charge in [0.2, 0.25) is 100 Å². The van der Waals surface area contributed by atoms with Crippen LogP contribution in [-0.4, -0.2) is 303 Å². The van der Waals surface area contributed by atoms with Crippen LogP contribution < -0.4 is 114 Å². The minimum atomic E-state index is -2.00. The molecule has 0 spiro atoms. The molecule has 34 N–H and O–H groups in total. The Hall–Kier alpha value is -14.4. The van der Waals surface area contributed by atoms with E-state index in [0.29, 0.717) is 22.3 Å². The monoisotopic (exact) mass is 1940 g/mol. The number of hydrogen-bond acceptors (Lipinski definition) is 26. The molecule has 0 heterocycles. The molecule has 758 valence electrons. The molecule has 0 unspecified atom stereocenters. The summed E-state index contributed by atoms with van der Waals surface area (Å²) in [6.45, 7) is 6.91. The number of carboxylic acids is 1. The summed E-state index contributed by atoms with van der Waals surface area (Å²) >= 11 is 0. The number of aliphatic carboxylic acids is 1. The van der Waals surface area contributed by atoms with Gasteiger partial charge in [0.1, 0.15) is 96.7 Å². The van der Waals surface area contributed by atoms with Crippen LogP contribution in [-0.2, 0) is 112 Å². The maximum absolute atomic E-state index is 15.2. The fraction of sp³-hybridized carbons (Fsp3) is 0.511. The van der Waals surface area contributed by atoms with Crippen molar-refractivity contribution in [3.05, 3.63) is 144 Å². The van der Waals surface area contributed by atoms with Crippen LogP contribution in [0.15, 0.2) is 121 Å². The predicted molar refractivity (Wildman–Crippen MR) is 500 cm³/mol. The highest BCUT2D eigenvalue weighted by Gasteiger charge is 2.42. The van der Waals surface area contributed by atoms with Gasteiger partial charge in [0.25, 0.3) is 0 Å². The van der Waals surface area contributed by atoms with E-state index in [1.54, 1.807) is 149 Å². The molecule has 48 heteroatoms. The third-order valence-electron chi connectivity index (χ3n) is 21.4. The van der Waals surface area contributed by atoms with E-state index in [2.05, 4.69) is 85.1 Å². The van der Waals surface area contributed by atoms with Crippen LogP contribution >= 0.6 is 0 Å². The van der Waals surface area contributed by atoms with E-state index in [4.69, 9.17) is 39.5 Å². The highest BCUT2D eigenvalue weighted by Crippen LogP contribution is 2.18. The van der Waals surface area contributed by atoms with E-state index in [-0.39, 0.29) is 83.2 Å². The Morgan fingerprint density at radius 1 is 0.341 bits per heavy atom. The molecule has 18 atom stereocenters. The first kappa shape index (κ1) is 116. The molecule has 0 saturated heterocycles. The Labute approximate surface area is 797 Å². The van der Waals surface area contributed by atoms with E-state index < -0.39 is 272 Å². The smallest absolute Gasteiger partial charge is 0.325 e. The number of hydrogen-bond donors (Lipinski definition) is 29. The van der Waals surface area contributed by atoms with E-state index >= 15 is 28.8 Å². The molecule has 4 aromatic rings. The number of carbonyl (C=O) groups excluding carboxylic acids is 17. The zero-order chi connectivity index (χ0) is 103. The SMILES string of the molecule is CC(C)C[C@H](NC(=O)[C@H](CCCNC(=N)N)NC(=O)[C@H](Cc1ccccc1)NC(=O)[C@H](Cc1ccccc1)NC(=O)[C@@H](NC(=O)[C@H](CO)NC(=O)[C@H](CC(C)C)NC(=O)[C@@H](N)CO)[C@@H](C)O)C(=O)N[C@@H](Cc1ccccc1)C(=O)N[C@@H](CC(N)=O)C(=O)N(C)[C@@H](CCCNC(=N)N)C(=O)N[C@@H](CO)C(=O)N[C@@H](Cc1ccccc1)C(=O)N[C@H](C(=O)N[C@@H](CCC(N)=O)C(=O)N[C@@H](C)C(=O)O)[C@@H](C)O. The number of nitrogens with two attached hydrogens (primary N) is 5. The molecule has 0 aliphatic rings. The summed E-state index contributed by atoms with van der Waals surface area (Å²) < 4.78 is 0. The van der Waals surface area contributed by atoms with Gasteiger partial charge in [-0.05, 0) is 99.8 Å². The lowest BCUT2D eigenvalue weighted by molar-refractivity contribution is -0.144. The van der Waals surface area contributed by atoms with Crippen LogP contribution in [0.1, 0.15) is 129 Å². The first-order valence-electron chi connectivity index (χ1n) is 44.7. The number of guanidine groups is 2. The second-order valence-electron chi connectivity index (χ2n) is 34.0. The number of aliphatic hydroxyl groups excluding tert-OH is 5. The molecule has 0 aliphatic heterocycles. The average Bonchev–Trinajstić information content (AvgIpc) is 0.829. The number of likely N-dealkylation sites (N-methyl/N-ethyl adjacent to an activating group) is 1. The summed E-state index contributed by atoms with van der Waals surface area (Å²) in [5.41, 5.74) is 29.6. The topological polar surface area (TPSA) is 802 Å². The average molecular weight is 1940 g/mol. The number of nitrogens with zero attached hydrogens (tertiary/aromatic N) is 1. The number of rotatable bonds is 61. The number of primary amides is 2. The van der Waals surface area contributed by atoms with Crippen molar-refractivity contribution >= 4 is 118 Å². The molecule has 0 saturated carbocycles. The standard InChI is InChI=1S/C90H134N24O24/c1-47(2)37-59(103-73(122)56(91)44-115)77(126)110-67(46-117)83(132)113-72(51(7)119)86(135)108-63(41-54-27-17-11-18-28-54)79(128)106-61(39-52-23-13-9-14-24-52)78(127)101-57(31-21-35-98-89(94)95)75(124)104-60(38-48(3)4)76(125)105-62(40-53-25-15-10-16-26-53)80(129)109-65(43-70(93)121)87(136)114(8)68(32-22-36-99-90(96)97)84(133)111-66(45-116)82(131)107-64(42-55-29-19-12-20-30-55)81(130)112-71(50(6)118)85(134)102-58(33-34-69(92)120)74(123)100-49(5)88(137)138/h9-20,23-30,47-51,56-68,71-72,115-119H,21-22,31-46,91H2,1-8H3,(H2,92,120)(H2,93,121)(H,100,123)(H,101,127)(H,102,134)(H,103,122)(H,104,124)(H,105,125)(H,106,128)(H,107,131)(H,108,135)(H,109,129)(H,110,126)(H,111,133)(H,112,130)(H,113,132)(H,137,138)(H4,94,95,98)(H4,96,97,99)/t49-,50+,51+,56-,57-,58-,59-,60-,61-,62-,63-,64-,65-,66-,67-,68-,71-,72-/m0/s1. The summed E-state index contributed by atoms with van der Waals surface area (Å²) in [5, 5.41) is 117. The Bertz CT molecular complexity index is 4760. The molecule has 0 fully saturated rings. The van der Waals surface area contributed by atoms with Crippen molar-refractivity contribution in [2.75, 3.05) is 40.0 Å². The lowest BCUT2D eigenvalue weighted by Crippen LogP contribution is -2.63. The number of benzene rings is 4. The van der Waals surface area contributed by atoms with Crippen molar-refractivity contribution in [2.24, 2.45) is 40.5 Å². The maximum atomic E-state index is 15.2. The molecular formula is C90H134N24O24. The molecule has 4 aromatic carbocycles. The first-order chi connectivity index (χ1) is 65.2. The second-order valence-corrected chi connectivity index (χ2v) is 34.0. The molecule has 17 amide bonds. The van der Waals surface area contributed by atoms with Gasteiger partial charge in [-0.25, -0.2) is 0 Å². The van der Waals surface area contributed by atoms with Crippen molar-refractivity contribution in [1.82, 2.24) is 90.0 Å². The molecule has 0 aliphatic carbocycles. The van der Waals surface area contributed by atoms with Crippen LogP contribution in [0.5, 0.6) is 0 Å². The van der Waals surface area contributed by atoms with Gasteiger partial charge < -0.3 is 149 Å². The van der Waals surface area contributed by atoms with Crippen LogP contribution in [0.25, 0.3) is 0 Å². The van der Waals surface area contributed by atoms with Crippen molar-refractivity contribution in [3.8, 4) is 0 Å². The number of aliphatic hydroxyl groups is 5. The zero-order valence-corrected chi connectivity index (χ0v) is 78.2. The Morgan fingerprint density at radius 2 is 0.630 bits per heavy atom. The third-order valence-corrected chi connectivity index (χ3v) is 21.4. The molecule has 0 aromatic heterocycles. The van der Waals surface area contributed by atoms with Gasteiger partial charge in [0.05, 0.1) is 38.4 Å². The van der Waals surface area contributed by atoms with Crippen molar-refractivity contribution in [3.63, 3.8) is 0 Å². The molecule has 0 bridgehead atoms. The van der Waals surface area contributed by atoms with Crippen LogP contribution in [0.3, 0.4) is 0 Å². The van der Waals surface area contributed by atoms with Gasteiger partial charge >= 0.3 is 5.97 Å². The number of nitrogens with one attached hydrogen (secondary N) is 18. The molecule has 4 rings (SSSR count). The molecule has 0 radical (unpaired) electrons. The van der Waals surface area contributed by atoms with E-state index in [9.17, 15) is 88.2 Å². The Balaban J connectivity index is 1.72. The molecule has 48 nitrogen and oxygen atoms in total. The van der Waals surface area contributed by atoms with Gasteiger partial charge in [-0.3, -0.25) is 97.1 Å². The lowest BCUT2D eigenvalue weighted by Gasteiger charge is -2.32. The van der Waals surface area contributed by atoms with E-state index in [1.165, 1.54) is 0 Å². The summed E-state index contributed by atoms with van der Waals surface area (Å²) in [4.78, 5) is 254. The van der Waals surface area contributed by atoms with Gasteiger partial charge in [0, 0.05) is 52.2 Å². The maximum Gasteiger partial charge on any atom is 0.325 e. The molecular weight excluding hydrogens is 1800 g/mol. The van der Waals surface area contributed by atoms with Crippen LogP contribution in [0, 0.1) is 22.7 Å². The second kappa shape index (κ2) is 59.5. The minimum absolute atomic E-state index is 0.00462. The van der Waals surface area contributed by atoms with Crippen molar-refractivity contribution in [2.45, 2.75) is 241 Å². The van der Waals surface area contributed by atoms with Crippen molar-refractivity contribution in [1.29, 1.82) is 10.8 Å².